The van der Waals surface area contributed by atoms with Gasteiger partial charge < -0.3 is 18.6 Å². The lowest BCUT2D eigenvalue weighted by Crippen LogP contribution is -2.09. The summed E-state index contributed by atoms with van der Waals surface area (Å²) in [6.45, 7) is 6.83. The third kappa shape index (κ3) is 8.07. The number of ether oxygens (including phenoxy) is 3. The second-order valence-corrected chi connectivity index (χ2v) is 9.45. The average Bonchev–Trinajstić information content (AvgIpc) is 2.91. The third-order valence-corrected chi connectivity index (χ3v) is 6.52. The number of carbonyl (C=O) groups is 2. The zero-order valence-corrected chi connectivity index (χ0v) is 22.9. The quantitative estimate of drug-likeness (QED) is 0.112. The maximum Gasteiger partial charge on any atom is 0.338 e. The van der Waals surface area contributed by atoms with Gasteiger partial charge in [0.15, 0.2) is 0 Å². The van der Waals surface area contributed by atoms with Crippen molar-refractivity contribution in [3.63, 3.8) is 0 Å². The Labute approximate surface area is 224 Å². The Kier molecular flexibility index (Phi) is 11.7. The van der Waals surface area contributed by atoms with E-state index in [1.54, 1.807) is 38.1 Å². The van der Waals surface area contributed by atoms with E-state index in [1.165, 1.54) is 44.6 Å². The van der Waals surface area contributed by atoms with E-state index >= 15 is 0 Å². The van der Waals surface area contributed by atoms with Crippen LogP contribution in [0.1, 0.15) is 94.5 Å². The summed E-state index contributed by atoms with van der Waals surface area (Å²) in [6.07, 6.45) is 10.2. The van der Waals surface area contributed by atoms with E-state index in [9.17, 15) is 14.4 Å². The average molecular weight is 525 g/mol. The maximum atomic E-state index is 13.4. The molecule has 0 saturated heterocycles. The molecule has 0 aliphatic heterocycles. The van der Waals surface area contributed by atoms with Crippen molar-refractivity contribution in [1.82, 2.24) is 0 Å². The smallest absolute Gasteiger partial charge is 0.338 e. The fourth-order valence-corrected chi connectivity index (χ4v) is 4.49. The van der Waals surface area contributed by atoms with E-state index in [4.69, 9.17) is 18.6 Å². The maximum absolute atomic E-state index is 13.4. The van der Waals surface area contributed by atoms with Crippen LogP contribution in [0.15, 0.2) is 39.5 Å². The summed E-state index contributed by atoms with van der Waals surface area (Å²) in [6, 6.07) is 8.17. The molecule has 7 heteroatoms. The Morgan fingerprint density at radius 3 is 2.18 bits per heavy atom. The van der Waals surface area contributed by atoms with Crippen LogP contribution in [0.25, 0.3) is 21.9 Å². The van der Waals surface area contributed by atoms with Gasteiger partial charge in [0, 0.05) is 12.5 Å². The number of fused-ring (bicyclic) bond motifs is 2. The van der Waals surface area contributed by atoms with Crippen molar-refractivity contribution in [1.29, 1.82) is 0 Å². The highest BCUT2D eigenvalue weighted by molar-refractivity contribution is 5.97. The minimum absolute atomic E-state index is 0.180. The molecular formula is C31H40O7. The van der Waals surface area contributed by atoms with Gasteiger partial charge in [0.1, 0.15) is 16.9 Å². The topological polar surface area (TPSA) is 92.0 Å². The summed E-state index contributed by atoms with van der Waals surface area (Å²) in [5.41, 5.74) is 1.57. The van der Waals surface area contributed by atoms with E-state index in [2.05, 4.69) is 6.92 Å². The molecule has 0 amide bonds. The first kappa shape index (κ1) is 29.2. The number of carbonyl (C=O) groups excluding carboxylic acids is 2. The Bertz CT molecular complexity index is 1270. The standard InChI is InChI=1S/C31H40O7/c1-4-7-8-9-10-11-12-13-18-37-27-21-28-25(19-22(27)15-17-29(32)35-5-2)30(33)24-20-23(31(34)36-6-3)14-16-26(24)38-28/h14,16,19-21H,4-13,15,17-18H2,1-3H3. The molecule has 1 aromatic heterocycles. The number of esters is 2. The molecule has 206 valence electrons. The number of aryl methyl sites for hydroxylation is 1. The van der Waals surface area contributed by atoms with Crippen molar-refractivity contribution in [3.05, 3.63) is 51.7 Å². The summed E-state index contributed by atoms with van der Waals surface area (Å²) in [5.74, 6) is -0.185. The van der Waals surface area contributed by atoms with Gasteiger partial charge >= 0.3 is 11.9 Å². The van der Waals surface area contributed by atoms with Crippen molar-refractivity contribution in [2.45, 2.75) is 85.0 Å². The van der Waals surface area contributed by atoms with Gasteiger partial charge in [-0.2, -0.15) is 0 Å². The molecule has 0 fully saturated rings. The van der Waals surface area contributed by atoms with Crippen LogP contribution in [0, 0.1) is 0 Å². The molecule has 2 aromatic carbocycles. The molecule has 0 N–H and O–H groups in total. The molecule has 0 radical (unpaired) electrons. The van der Waals surface area contributed by atoms with Crippen molar-refractivity contribution in [3.8, 4) is 5.75 Å². The molecule has 38 heavy (non-hydrogen) atoms. The fourth-order valence-electron chi connectivity index (χ4n) is 4.49. The Balaban J connectivity index is 1.83. The van der Waals surface area contributed by atoms with Crippen LogP contribution in [0.4, 0.5) is 0 Å². The Morgan fingerprint density at radius 2 is 1.47 bits per heavy atom. The second kappa shape index (κ2) is 15.2. The predicted molar refractivity (Wildman–Crippen MR) is 149 cm³/mol. The summed E-state index contributed by atoms with van der Waals surface area (Å²) in [5, 5.41) is 0.670. The molecule has 3 rings (SSSR count). The normalized spacial score (nSPS) is 11.1. The first-order valence-electron chi connectivity index (χ1n) is 14.0. The van der Waals surface area contributed by atoms with E-state index < -0.39 is 5.97 Å². The largest absolute Gasteiger partial charge is 0.493 e. The minimum atomic E-state index is -0.492. The lowest BCUT2D eigenvalue weighted by molar-refractivity contribution is -0.143. The highest BCUT2D eigenvalue weighted by Crippen LogP contribution is 2.29. The lowest BCUT2D eigenvalue weighted by atomic mass is 10.0. The molecule has 0 unspecified atom stereocenters. The number of hydrogen-bond donors (Lipinski definition) is 0. The zero-order chi connectivity index (χ0) is 27.3. The van der Waals surface area contributed by atoms with Crippen molar-refractivity contribution < 1.29 is 28.2 Å². The molecule has 7 nitrogen and oxygen atoms in total. The van der Waals surface area contributed by atoms with Gasteiger partial charge in [-0.1, -0.05) is 51.9 Å². The van der Waals surface area contributed by atoms with Gasteiger partial charge in [-0.05, 0) is 56.5 Å². The molecule has 3 aromatic rings. The van der Waals surface area contributed by atoms with Crippen molar-refractivity contribution in [2.75, 3.05) is 19.8 Å². The molecule has 0 aliphatic rings. The molecule has 0 atom stereocenters. The molecule has 1 heterocycles. The van der Waals surface area contributed by atoms with Crippen LogP contribution in [0.2, 0.25) is 0 Å². The van der Waals surface area contributed by atoms with Gasteiger partial charge in [-0.3, -0.25) is 9.59 Å². The number of rotatable bonds is 16. The van der Waals surface area contributed by atoms with E-state index in [1.807, 2.05) is 0 Å². The van der Waals surface area contributed by atoms with Crippen LogP contribution in [-0.4, -0.2) is 31.8 Å². The van der Waals surface area contributed by atoms with E-state index in [0.29, 0.717) is 52.9 Å². The predicted octanol–water partition coefficient (Wildman–Crippen LogP) is 7.14. The summed E-state index contributed by atoms with van der Waals surface area (Å²) in [4.78, 5) is 37.6. The number of unbranched alkanes of at least 4 members (excludes halogenated alkanes) is 7. The molecular weight excluding hydrogens is 484 g/mol. The van der Waals surface area contributed by atoms with Crippen LogP contribution in [0.5, 0.6) is 5.75 Å². The molecule has 0 saturated carbocycles. The van der Waals surface area contributed by atoms with Gasteiger partial charge in [-0.15, -0.1) is 0 Å². The zero-order valence-electron chi connectivity index (χ0n) is 22.9. The number of benzene rings is 2. The fraction of sp³-hybridized carbons (Fsp3) is 0.516. The van der Waals surface area contributed by atoms with Gasteiger partial charge in [0.05, 0.1) is 36.2 Å². The SMILES string of the molecule is CCCCCCCCCCOc1cc2oc3ccc(C(=O)OCC)cc3c(=O)c2cc1CCC(=O)OCC. The molecule has 0 bridgehead atoms. The monoisotopic (exact) mass is 524 g/mol. The third-order valence-electron chi connectivity index (χ3n) is 6.52. The van der Waals surface area contributed by atoms with Gasteiger partial charge in [-0.25, -0.2) is 4.79 Å². The van der Waals surface area contributed by atoms with Crippen LogP contribution in [0.3, 0.4) is 0 Å². The summed E-state index contributed by atoms with van der Waals surface area (Å²) >= 11 is 0. The van der Waals surface area contributed by atoms with Crippen molar-refractivity contribution in [2.24, 2.45) is 0 Å². The van der Waals surface area contributed by atoms with Gasteiger partial charge in [0.25, 0.3) is 0 Å². The highest BCUT2D eigenvalue weighted by atomic mass is 16.5. The molecule has 0 spiro atoms. The Hall–Kier alpha value is -3.35. The van der Waals surface area contributed by atoms with Crippen LogP contribution >= 0.6 is 0 Å². The van der Waals surface area contributed by atoms with E-state index in [-0.39, 0.29) is 24.4 Å². The first-order chi connectivity index (χ1) is 18.5. The first-order valence-corrected chi connectivity index (χ1v) is 14.0. The molecule has 0 aliphatic carbocycles. The summed E-state index contributed by atoms with van der Waals surface area (Å²) in [7, 11) is 0. The van der Waals surface area contributed by atoms with Crippen molar-refractivity contribution >= 4 is 33.9 Å². The number of hydrogen-bond acceptors (Lipinski definition) is 7. The van der Waals surface area contributed by atoms with Crippen LogP contribution < -0.4 is 10.2 Å². The highest BCUT2D eigenvalue weighted by Gasteiger charge is 2.16. The lowest BCUT2D eigenvalue weighted by Gasteiger charge is -2.13. The van der Waals surface area contributed by atoms with Crippen LogP contribution in [-0.2, 0) is 20.7 Å². The van der Waals surface area contributed by atoms with E-state index in [0.717, 1.165) is 18.4 Å². The van der Waals surface area contributed by atoms with Gasteiger partial charge in [0.2, 0.25) is 5.43 Å². The minimum Gasteiger partial charge on any atom is -0.493 e. The second-order valence-electron chi connectivity index (χ2n) is 9.45. The Morgan fingerprint density at radius 1 is 0.789 bits per heavy atom. The summed E-state index contributed by atoms with van der Waals surface area (Å²) < 4.78 is 22.3.